The summed E-state index contributed by atoms with van der Waals surface area (Å²) in [5, 5.41) is 12.7. The molecule has 1 heterocycles. The molecule has 0 saturated carbocycles. The Bertz CT molecular complexity index is 1040. The van der Waals surface area contributed by atoms with E-state index in [2.05, 4.69) is 5.32 Å². The van der Waals surface area contributed by atoms with Gasteiger partial charge >= 0.3 is 6.18 Å². The van der Waals surface area contributed by atoms with Gasteiger partial charge in [0.25, 0.3) is 0 Å². The molecule has 11 heteroatoms. The minimum Gasteiger partial charge on any atom is -0.396 e. The molecule has 1 aliphatic heterocycles. The predicted molar refractivity (Wildman–Crippen MR) is 127 cm³/mol. The summed E-state index contributed by atoms with van der Waals surface area (Å²) in [6, 6.07) is 7.99. The molecule has 2 aromatic carbocycles. The van der Waals surface area contributed by atoms with Crippen molar-refractivity contribution in [3.05, 3.63) is 69.0 Å². The fraction of sp³-hybridized carbons (Fsp3) is 0.458. The molecule has 1 amide bonds. The molecule has 0 aromatic heterocycles. The van der Waals surface area contributed by atoms with Gasteiger partial charge in [0.15, 0.2) is 0 Å². The molecule has 1 saturated heterocycles. The molecular weight excluding hydrogens is 509 g/mol. The number of hydrogen-bond acceptors (Lipinski definition) is 4. The van der Waals surface area contributed by atoms with Crippen LogP contribution in [0.4, 0.5) is 17.6 Å². The number of benzene rings is 2. The second-order valence-electron chi connectivity index (χ2n) is 8.63. The van der Waals surface area contributed by atoms with Crippen molar-refractivity contribution in [2.24, 2.45) is 0 Å². The van der Waals surface area contributed by atoms with Crippen LogP contribution in [0.15, 0.2) is 36.4 Å². The number of halogens is 6. The smallest absolute Gasteiger partial charge is 0.396 e. The number of likely N-dealkylation sites (tertiary alicyclic amines) is 1. The summed E-state index contributed by atoms with van der Waals surface area (Å²) in [6.45, 7) is 1.64. The number of alkyl halides is 3. The van der Waals surface area contributed by atoms with Gasteiger partial charge in [0.2, 0.25) is 5.91 Å². The number of hydrogen-bond donors (Lipinski definition) is 2. The van der Waals surface area contributed by atoms with Gasteiger partial charge in [0.05, 0.1) is 22.2 Å². The van der Waals surface area contributed by atoms with Crippen LogP contribution in [0, 0.1) is 5.82 Å². The highest BCUT2D eigenvalue weighted by Crippen LogP contribution is 2.35. The minimum absolute atomic E-state index is 0.0295. The van der Waals surface area contributed by atoms with E-state index >= 15 is 0 Å². The zero-order valence-electron chi connectivity index (χ0n) is 19.1. The average Bonchev–Trinajstić information content (AvgIpc) is 3.23. The molecule has 35 heavy (non-hydrogen) atoms. The van der Waals surface area contributed by atoms with E-state index in [0.29, 0.717) is 41.7 Å². The Balaban J connectivity index is 1.79. The highest BCUT2D eigenvalue weighted by molar-refractivity contribution is 6.42. The van der Waals surface area contributed by atoms with Gasteiger partial charge in [0.1, 0.15) is 5.82 Å². The van der Waals surface area contributed by atoms with Crippen LogP contribution < -0.4 is 5.32 Å². The molecule has 1 aliphatic rings. The van der Waals surface area contributed by atoms with Crippen molar-refractivity contribution in [2.75, 3.05) is 39.8 Å². The fourth-order valence-electron chi connectivity index (χ4n) is 4.31. The Hall–Kier alpha value is -1.91. The van der Waals surface area contributed by atoms with Crippen LogP contribution in [0.3, 0.4) is 0 Å². The minimum atomic E-state index is -4.76. The molecule has 192 valence electrons. The lowest BCUT2D eigenvalue weighted by molar-refractivity contribution is -0.140. The first-order valence-corrected chi connectivity index (χ1v) is 11.9. The molecule has 2 aromatic rings. The number of aliphatic hydroxyl groups is 1. The molecule has 3 rings (SSSR count). The second kappa shape index (κ2) is 11.9. The van der Waals surface area contributed by atoms with E-state index in [-0.39, 0.29) is 37.6 Å². The third-order valence-corrected chi connectivity index (χ3v) is 6.88. The van der Waals surface area contributed by atoms with Crippen molar-refractivity contribution in [3.63, 3.8) is 0 Å². The lowest BCUT2D eigenvalue weighted by Crippen LogP contribution is -2.40. The lowest BCUT2D eigenvalue weighted by atomic mass is 9.93. The van der Waals surface area contributed by atoms with Crippen LogP contribution >= 0.6 is 23.2 Å². The molecule has 5 nitrogen and oxygen atoms in total. The zero-order chi connectivity index (χ0) is 25.8. The number of amides is 1. The average molecular weight is 536 g/mol. The van der Waals surface area contributed by atoms with Crippen molar-refractivity contribution in [2.45, 2.75) is 31.1 Å². The van der Waals surface area contributed by atoms with Crippen LogP contribution in [0.5, 0.6) is 0 Å². The van der Waals surface area contributed by atoms with Gasteiger partial charge in [-0.25, -0.2) is 4.39 Å². The molecule has 2 N–H and O–H groups in total. The topological polar surface area (TPSA) is 55.8 Å². The number of carbonyl (C=O) groups is 1. The van der Waals surface area contributed by atoms with Crippen LogP contribution in [0.2, 0.25) is 10.0 Å². The molecule has 0 aliphatic carbocycles. The second-order valence-corrected chi connectivity index (χ2v) is 9.44. The zero-order valence-corrected chi connectivity index (χ0v) is 20.6. The number of rotatable bonds is 9. The maximum absolute atomic E-state index is 14.1. The molecule has 1 fully saturated rings. The molecule has 0 spiro atoms. The van der Waals surface area contributed by atoms with Crippen LogP contribution in [-0.2, 0) is 17.5 Å². The third-order valence-electron chi connectivity index (χ3n) is 6.14. The Morgan fingerprint density at radius 2 is 1.91 bits per heavy atom. The molecule has 0 radical (unpaired) electrons. The van der Waals surface area contributed by atoms with E-state index in [0.717, 1.165) is 17.7 Å². The number of aliphatic hydroxyl groups excluding tert-OH is 1. The summed E-state index contributed by atoms with van der Waals surface area (Å²) in [4.78, 5) is 16.4. The quantitative estimate of drug-likeness (QED) is 0.365. The van der Waals surface area contributed by atoms with Crippen molar-refractivity contribution >= 4 is 29.1 Å². The lowest BCUT2D eigenvalue weighted by Gasteiger charge is -2.29. The van der Waals surface area contributed by atoms with Gasteiger partial charge < -0.3 is 15.3 Å². The Morgan fingerprint density at radius 3 is 2.54 bits per heavy atom. The van der Waals surface area contributed by atoms with Gasteiger partial charge in [-0.05, 0) is 55.4 Å². The first-order valence-electron chi connectivity index (χ1n) is 11.1. The Labute approximate surface area is 211 Å². The predicted octanol–water partition coefficient (Wildman–Crippen LogP) is 4.55. The number of nitrogens with one attached hydrogen (secondary N) is 1. The highest BCUT2D eigenvalue weighted by atomic mass is 35.5. The van der Waals surface area contributed by atoms with Gasteiger partial charge in [-0.1, -0.05) is 35.3 Å². The van der Waals surface area contributed by atoms with Gasteiger partial charge in [0, 0.05) is 38.2 Å². The van der Waals surface area contributed by atoms with E-state index in [1.807, 2.05) is 11.0 Å². The fourth-order valence-corrected chi connectivity index (χ4v) is 4.62. The van der Waals surface area contributed by atoms with Gasteiger partial charge in [-0.15, -0.1) is 0 Å². The summed E-state index contributed by atoms with van der Waals surface area (Å²) in [5.74, 6) is -1.57. The highest BCUT2D eigenvalue weighted by Gasteiger charge is 2.39. The summed E-state index contributed by atoms with van der Waals surface area (Å²) in [6.07, 6.45) is -4.22. The third kappa shape index (κ3) is 7.07. The Morgan fingerprint density at radius 1 is 1.17 bits per heavy atom. The molecular formula is C24H27Cl2F4N3O2. The standard InChI is InChI=1S/C24H27Cl2F4N3O2/c1-32(12-15-3-5-18(21(27)9-15)24(28,29)30)22-14-33(23(35)11-31-7-2-8-34)13-17(22)16-4-6-19(25)20(26)10-16/h3-6,9-10,17,22,31,34H,2,7-8,11-14H2,1H3. The molecule has 2 atom stereocenters. The van der Waals surface area contributed by atoms with Crippen molar-refractivity contribution in [1.82, 2.24) is 15.1 Å². The number of carbonyl (C=O) groups excluding carboxylic acids is 1. The summed E-state index contributed by atoms with van der Waals surface area (Å²) < 4.78 is 52.8. The SMILES string of the molecule is CN(Cc1ccc(C(F)(F)F)c(F)c1)C1CN(C(=O)CNCCCO)CC1c1ccc(Cl)c(Cl)c1. The van der Waals surface area contributed by atoms with E-state index in [1.54, 1.807) is 24.1 Å². The number of likely N-dealkylation sites (N-methyl/N-ethyl adjacent to an activating group) is 1. The van der Waals surface area contributed by atoms with E-state index in [1.165, 1.54) is 6.07 Å². The first kappa shape index (κ1) is 27.7. The monoisotopic (exact) mass is 535 g/mol. The van der Waals surface area contributed by atoms with Crippen molar-refractivity contribution < 1.29 is 27.5 Å². The molecule has 2 unspecified atom stereocenters. The summed E-state index contributed by atoms with van der Waals surface area (Å²) in [7, 11) is 1.79. The normalized spacial score (nSPS) is 18.5. The van der Waals surface area contributed by atoms with E-state index in [9.17, 15) is 22.4 Å². The maximum atomic E-state index is 14.1. The van der Waals surface area contributed by atoms with Crippen molar-refractivity contribution in [3.8, 4) is 0 Å². The van der Waals surface area contributed by atoms with Crippen LogP contribution in [0.1, 0.15) is 29.0 Å². The van der Waals surface area contributed by atoms with E-state index < -0.39 is 17.6 Å². The summed E-state index contributed by atoms with van der Waals surface area (Å²) in [5.41, 5.74) is -0.0383. The van der Waals surface area contributed by atoms with Gasteiger partial charge in [-0.3, -0.25) is 9.69 Å². The summed E-state index contributed by atoms with van der Waals surface area (Å²) >= 11 is 12.3. The Kier molecular flexibility index (Phi) is 9.40. The number of nitrogens with zero attached hydrogens (tertiary/aromatic N) is 2. The maximum Gasteiger partial charge on any atom is 0.419 e. The van der Waals surface area contributed by atoms with Crippen LogP contribution in [0.25, 0.3) is 0 Å². The largest absolute Gasteiger partial charge is 0.419 e. The van der Waals surface area contributed by atoms with E-state index in [4.69, 9.17) is 28.3 Å². The van der Waals surface area contributed by atoms with Gasteiger partial charge in [-0.2, -0.15) is 13.2 Å². The van der Waals surface area contributed by atoms with Crippen molar-refractivity contribution in [1.29, 1.82) is 0 Å². The van der Waals surface area contributed by atoms with Crippen LogP contribution in [-0.4, -0.2) is 66.7 Å². The first-order chi connectivity index (χ1) is 16.5. The molecule has 0 bridgehead atoms.